The van der Waals surface area contributed by atoms with Crippen molar-refractivity contribution in [1.29, 1.82) is 0 Å². The number of rotatable bonds is 6. The van der Waals surface area contributed by atoms with Crippen molar-refractivity contribution in [3.05, 3.63) is 60.1 Å². The second kappa shape index (κ2) is 7.61. The topological polar surface area (TPSA) is 95.1 Å². The fourth-order valence-electron chi connectivity index (χ4n) is 2.88. The number of amides is 1. The van der Waals surface area contributed by atoms with Gasteiger partial charge in [-0.3, -0.25) is 9.48 Å². The summed E-state index contributed by atoms with van der Waals surface area (Å²) in [4.78, 5) is 17.0. The molecule has 2 aromatic carbocycles. The molecule has 1 amide bonds. The molecule has 0 bridgehead atoms. The van der Waals surface area contributed by atoms with Gasteiger partial charge in [-0.05, 0) is 42.3 Å². The Bertz CT molecular complexity index is 1130. The van der Waals surface area contributed by atoms with Crippen molar-refractivity contribution in [2.75, 3.05) is 12.4 Å². The van der Waals surface area contributed by atoms with Crippen LogP contribution in [0.3, 0.4) is 0 Å². The van der Waals surface area contributed by atoms with Gasteiger partial charge in [-0.1, -0.05) is 23.4 Å². The van der Waals surface area contributed by atoms with Gasteiger partial charge in [0, 0.05) is 19.2 Å². The zero-order valence-corrected chi connectivity index (χ0v) is 15.5. The van der Waals surface area contributed by atoms with E-state index in [4.69, 9.17) is 9.15 Å². The van der Waals surface area contributed by atoms with E-state index < -0.39 is 0 Å². The number of hydrogen-bond acceptors (Lipinski definition) is 6. The Labute approximate surface area is 161 Å². The second-order valence-corrected chi connectivity index (χ2v) is 6.22. The molecule has 8 nitrogen and oxygen atoms in total. The number of carbonyl (C=O) groups excluding carboxylic acids is 1. The molecule has 4 rings (SSSR count). The molecule has 4 aromatic rings. The van der Waals surface area contributed by atoms with Gasteiger partial charge in [0.2, 0.25) is 5.89 Å². The van der Waals surface area contributed by atoms with Crippen molar-refractivity contribution in [3.63, 3.8) is 0 Å². The quantitative estimate of drug-likeness (QED) is 0.552. The first-order valence-electron chi connectivity index (χ1n) is 8.86. The maximum atomic E-state index is 12.6. The van der Waals surface area contributed by atoms with Crippen LogP contribution in [0.1, 0.15) is 23.2 Å². The lowest BCUT2D eigenvalue weighted by atomic mass is 10.0. The lowest BCUT2D eigenvalue weighted by molar-refractivity contribution is 0.102. The zero-order valence-electron chi connectivity index (χ0n) is 15.5. The number of nitrogens with one attached hydrogen (secondary N) is 1. The van der Waals surface area contributed by atoms with Crippen LogP contribution in [0.15, 0.2) is 53.1 Å². The van der Waals surface area contributed by atoms with Gasteiger partial charge in [0.15, 0.2) is 11.4 Å². The number of carbonyl (C=O) groups is 1. The summed E-state index contributed by atoms with van der Waals surface area (Å²) >= 11 is 0. The minimum atomic E-state index is -0.241. The Morgan fingerprint density at radius 2 is 2.07 bits per heavy atom. The molecule has 142 valence electrons. The van der Waals surface area contributed by atoms with Gasteiger partial charge < -0.3 is 14.5 Å². The van der Waals surface area contributed by atoms with E-state index in [2.05, 4.69) is 20.6 Å². The molecule has 0 saturated heterocycles. The van der Waals surface area contributed by atoms with Gasteiger partial charge in [0.05, 0.1) is 6.20 Å². The summed E-state index contributed by atoms with van der Waals surface area (Å²) in [5.41, 5.74) is 3.82. The smallest absolute Gasteiger partial charge is 0.256 e. The van der Waals surface area contributed by atoms with Crippen molar-refractivity contribution in [3.8, 4) is 11.1 Å². The number of hydrogen-bond donors (Lipinski definition) is 1. The van der Waals surface area contributed by atoms with Crippen LogP contribution in [0.2, 0.25) is 0 Å². The van der Waals surface area contributed by atoms with E-state index in [0.29, 0.717) is 36.0 Å². The molecule has 2 aromatic heterocycles. The standard InChI is InChI=1S/C20H19N5O3/c1-3-25-11-18(23-24-25)22-20(26)15-6-4-5-13(9-15)14-7-8-17-16(10-14)21-19(28-17)12-27-2/h4-11H,3,12H2,1-2H3,(H,22,26). The van der Waals surface area contributed by atoms with Crippen LogP contribution >= 0.6 is 0 Å². The zero-order chi connectivity index (χ0) is 19.5. The van der Waals surface area contributed by atoms with E-state index in [1.807, 2.05) is 43.3 Å². The molecule has 0 spiro atoms. The first-order chi connectivity index (χ1) is 13.7. The lowest BCUT2D eigenvalue weighted by Crippen LogP contribution is -2.12. The third-order valence-electron chi connectivity index (χ3n) is 4.26. The number of oxazole rings is 1. The van der Waals surface area contributed by atoms with Crippen molar-refractivity contribution in [1.82, 2.24) is 20.0 Å². The van der Waals surface area contributed by atoms with E-state index in [9.17, 15) is 4.79 Å². The highest BCUT2D eigenvalue weighted by molar-refractivity contribution is 6.04. The van der Waals surface area contributed by atoms with E-state index in [1.165, 1.54) is 0 Å². The van der Waals surface area contributed by atoms with Crippen LogP contribution in [0.5, 0.6) is 0 Å². The molecular weight excluding hydrogens is 358 g/mol. The van der Waals surface area contributed by atoms with Gasteiger partial charge in [-0.15, -0.1) is 5.10 Å². The number of methoxy groups -OCH3 is 1. The summed E-state index contributed by atoms with van der Waals surface area (Å²) in [7, 11) is 1.60. The predicted molar refractivity (Wildman–Crippen MR) is 104 cm³/mol. The van der Waals surface area contributed by atoms with E-state index in [0.717, 1.165) is 16.6 Å². The third kappa shape index (κ3) is 3.63. The molecule has 2 heterocycles. The molecule has 0 fully saturated rings. The van der Waals surface area contributed by atoms with E-state index in [1.54, 1.807) is 24.1 Å². The number of aryl methyl sites for hydroxylation is 1. The minimum Gasteiger partial charge on any atom is -0.438 e. The number of anilines is 1. The molecule has 0 saturated carbocycles. The Morgan fingerprint density at radius 3 is 2.86 bits per heavy atom. The van der Waals surface area contributed by atoms with Gasteiger partial charge in [0.25, 0.3) is 5.91 Å². The average molecular weight is 377 g/mol. The average Bonchev–Trinajstić information content (AvgIpc) is 3.33. The Balaban J connectivity index is 1.59. The number of fused-ring (bicyclic) bond motifs is 1. The third-order valence-corrected chi connectivity index (χ3v) is 4.26. The summed E-state index contributed by atoms with van der Waals surface area (Å²) < 4.78 is 12.3. The number of aromatic nitrogens is 4. The summed E-state index contributed by atoms with van der Waals surface area (Å²) in [5, 5.41) is 10.6. The maximum absolute atomic E-state index is 12.6. The molecule has 0 radical (unpaired) electrons. The van der Waals surface area contributed by atoms with Crippen LogP contribution in [-0.4, -0.2) is 33.0 Å². The molecule has 28 heavy (non-hydrogen) atoms. The van der Waals surface area contributed by atoms with Crippen LogP contribution in [-0.2, 0) is 17.9 Å². The second-order valence-electron chi connectivity index (χ2n) is 6.22. The first kappa shape index (κ1) is 17.9. The predicted octanol–water partition coefficient (Wildman–Crippen LogP) is 3.50. The number of nitrogens with zero attached hydrogens (tertiary/aromatic N) is 4. The highest BCUT2D eigenvalue weighted by atomic mass is 16.5. The SMILES string of the molecule is CCn1cc(NC(=O)c2cccc(-c3ccc4oc(COC)nc4c3)c2)nn1. The first-order valence-corrected chi connectivity index (χ1v) is 8.86. The van der Waals surface area contributed by atoms with Crippen molar-refractivity contribution in [2.45, 2.75) is 20.1 Å². The van der Waals surface area contributed by atoms with Crippen LogP contribution in [0, 0.1) is 0 Å². The van der Waals surface area contributed by atoms with Crippen LogP contribution < -0.4 is 5.32 Å². The largest absolute Gasteiger partial charge is 0.438 e. The van der Waals surface area contributed by atoms with Gasteiger partial charge in [0.1, 0.15) is 12.1 Å². The van der Waals surface area contributed by atoms with Crippen molar-refractivity contribution < 1.29 is 13.9 Å². The Kier molecular flexibility index (Phi) is 4.86. The molecule has 0 aliphatic rings. The Hall–Kier alpha value is -3.52. The fraction of sp³-hybridized carbons (Fsp3) is 0.200. The summed E-state index contributed by atoms with van der Waals surface area (Å²) in [6.07, 6.45) is 1.69. The Morgan fingerprint density at radius 1 is 1.21 bits per heavy atom. The molecule has 0 atom stereocenters. The molecule has 0 aliphatic carbocycles. The molecular formula is C20H19N5O3. The normalized spacial score (nSPS) is 11.1. The summed E-state index contributed by atoms with van der Waals surface area (Å²) in [5.74, 6) is 0.713. The highest BCUT2D eigenvalue weighted by Gasteiger charge is 2.11. The molecule has 0 aliphatic heterocycles. The molecule has 8 heteroatoms. The maximum Gasteiger partial charge on any atom is 0.256 e. The van der Waals surface area contributed by atoms with Crippen molar-refractivity contribution >= 4 is 22.8 Å². The number of ether oxygens (including phenoxy) is 1. The van der Waals surface area contributed by atoms with Crippen LogP contribution in [0.4, 0.5) is 5.82 Å². The van der Waals surface area contributed by atoms with Gasteiger partial charge in [-0.2, -0.15) is 0 Å². The number of benzene rings is 2. The fourth-order valence-corrected chi connectivity index (χ4v) is 2.88. The lowest BCUT2D eigenvalue weighted by Gasteiger charge is -2.05. The molecule has 1 N–H and O–H groups in total. The van der Waals surface area contributed by atoms with Gasteiger partial charge >= 0.3 is 0 Å². The summed E-state index contributed by atoms with van der Waals surface area (Å²) in [6.45, 7) is 2.96. The summed E-state index contributed by atoms with van der Waals surface area (Å²) in [6, 6.07) is 13.1. The monoisotopic (exact) mass is 377 g/mol. The van der Waals surface area contributed by atoms with Crippen molar-refractivity contribution in [2.24, 2.45) is 0 Å². The van der Waals surface area contributed by atoms with Crippen LogP contribution in [0.25, 0.3) is 22.2 Å². The minimum absolute atomic E-state index is 0.241. The van der Waals surface area contributed by atoms with E-state index in [-0.39, 0.29) is 5.91 Å². The highest BCUT2D eigenvalue weighted by Crippen LogP contribution is 2.26. The molecule has 0 unspecified atom stereocenters. The van der Waals surface area contributed by atoms with E-state index >= 15 is 0 Å². The van der Waals surface area contributed by atoms with Gasteiger partial charge in [-0.25, -0.2) is 4.98 Å².